The summed E-state index contributed by atoms with van der Waals surface area (Å²) in [5.41, 5.74) is 0.356. The summed E-state index contributed by atoms with van der Waals surface area (Å²) < 4.78 is 10.8. The van der Waals surface area contributed by atoms with Gasteiger partial charge in [-0.1, -0.05) is 13.0 Å². The number of carbonyl (C=O) groups is 2. The van der Waals surface area contributed by atoms with E-state index in [9.17, 15) is 9.59 Å². The third kappa shape index (κ3) is 2.96. The molecule has 2 rings (SSSR count). The zero-order chi connectivity index (χ0) is 13.8. The number of nitrogens with one attached hydrogen (secondary N) is 1. The molecule has 0 saturated heterocycles. The first kappa shape index (κ1) is 13.2. The molecule has 102 valence electrons. The molecule has 6 nitrogen and oxygen atoms in total. The molecule has 0 saturated carbocycles. The molecule has 1 amide bonds. The molecule has 0 unspecified atom stereocenters. The Morgan fingerprint density at radius 2 is 2.11 bits per heavy atom. The van der Waals surface area contributed by atoms with E-state index in [1.54, 1.807) is 18.2 Å². The largest absolute Gasteiger partial charge is 0.486 e. The summed E-state index contributed by atoms with van der Waals surface area (Å²) >= 11 is 0. The standard InChI is InChI=1S/C13H15NO5/c1-8(13(16)17)7-14-12(15)9-3-2-4-10-11(9)19-6-5-18-10/h2-4,8H,5-7H2,1H3,(H,14,15)(H,16,17)/t8-/m1/s1. The highest BCUT2D eigenvalue weighted by molar-refractivity contribution is 5.98. The Kier molecular flexibility index (Phi) is 3.89. The van der Waals surface area contributed by atoms with Crippen molar-refractivity contribution in [3.05, 3.63) is 23.8 Å². The van der Waals surface area contributed by atoms with Gasteiger partial charge >= 0.3 is 5.97 Å². The summed E-state index contributed by atoms with van der Waals surface area (Å²) in [6.45, 7) is 2.44. The Bertz CT molecular complexity index is 500. The summed E-state index contributed by atoms with van der Waals surface area (Å²) in [4.78, 5) is 22.7. The molecule has 1 aliphatic rings. The monoisotopic (exact) mass is 265 g/mol. The zero-order valence-electron chi connectivity index (χ0n) is 10.5. The molecule has 0 fully saturated rings. The molecule has 0 bridgehead atoms. The Balaban J connectivity index is 2.09. The fourth-order valence-electron chi connectivity index (χ4n) is 1.68. The van der Waals surface area contributed by atoms with E-state index in [4.69, 9.17) is 14.6 Å². The topological polar surface area (TPSA) is 84.9 Å². The van der Waals surface area contributed by atoms with Crippen molar-refractivity contribution in [2.24, 2.45) is 5.92 Å². The fourth-order valence-corrected chi connectivity index (χ4v) is 1.68. The molecule has 1 atom stereocenters. The molecule has 0 aromatic heterocycles. The molecule has 6 heteroatoms. The molecule has 1 heterocycles. The number of hydrogen-bond acceptors (Lipinski definition) is 4. The van der Waals surface area contributed by atoms with Gasteiger partial charge in [-0.05, 0) is 12.1 Å². The number of carboxylic acid groups (broad SMARTS) is 1. The van der Waals surface area contributed by atoms with Gasteiger partial charge in [-0.15, -0.1) is 0 Å². The van der Waals surface area contributed by atoms with Crippen LogP contribution in [0.3, 0.4) is 0 Å². The first-order valence-electron chi connectivity index (χ1n) is 5.99. The molecular weight excluding hydrogens is 250 g/mol. The number of ether oxygens (including phenoxy) is 2. The maximum absolute atomic E-state index is 12.0. The minimum absolute atomic E-state index is 0.0681. The number of rotatable bonds is 4. The van der Waals surface area contributed by atoms with Crippen LogP contribution in [0.2, 0.25) is 0 Å². The first-order valence-corrected chi connectivity index (χ1v) is 5.99. The van der Waals surface area contributed by atoms with Crippen molar-refractivity contribution in [2.75, 3.05) is 19.8 Å². The number of aliphatic carboxylic acids is 1. The van der Waals surface area contributed by atoms with Gasteiger partial charge in [-0.25, -0.2) is 0 Å². The van der Waals surface area contributed by atoms with E-state index in [0.29, 0.717) is 30.3 Å². The van der Waals surface area contributed by atoms with Gasteiger partial charge in [0, 0.05) is 6.54 Å². The maximum atomic E-state index is 12.0. The lowest BCUT2D eigenvalue weighted by molar-refractivity contribution is -0.140. The van der Waals surface area contributed by atoms with Crippen LogP contribution in [0.5, 0.6) is 11.5 Å². The predicted molar refractivity (Wildman–Crippen MR) is 66.6 cm³/mol. The SMILES string of the molecule is C[C@H](CNC(=O)c1cccc2c1OCCO2)C(=O)O. The first-order chi connectivity index (χ1) is 9.09. The minimum atomic E-state index is -0.949. The molecular formula is C13H15NO5. The zero-order valence-corrected chi connectivity index (χ0v) is 10.5. The van der Waals surface area contributed by atoms with Crippen LogP contribution in [0.25, 0.3) is 0 Å². The number of amides is 1. The van der Waals surface area contributed by atoms with Gasteiger partial charge in [0.2, 0.25) is 0 Å². The van der Waals surface area contributed by atoms with Gasteiger partial charge in [0.15, 0.2) is 11.5 Å². The molecule has 1 aliphatic heterocycles. The highest BCUT2D eigenvalue weighted by Crippen LogP contribution is 2.33. The van der Waals surface area contributed by atoms with Crippen molar-refractivity contribution < 1.29 is 24.2 Å². The molecule has 19 heavy (non-hydrogen) atoms. The third-order valence-corrected chi connectivity index (χ3v) is 2.80. The van der Waals surface area contributed by atoms with E-state index in [1.165, 1.54) is 6.92 Å². The summed E-state index contributed by atoms with van der Waals surface area (Å²) in [6, 6.07) is 5.04. The van der Waals surface area contributed by atoms with Crippen molar-refractivity contribution in [3.8, 4) is 11.5 Å². The highest BCUT2D eigenvalue weighted by atomic mass is 16.6. The van der Waals surface area contributed by atoms with E-state index in [0.717, 1.165) is 0 Å². The van der Waals surface area contributed by atoms with E-state index in [-0.39, 0.29) is 12.5 Å². The Hall–Kier alpha value is -2.24. The lowest BCUT2D eigenvalue weighted by atomic mass is 10.1. The van der Waals surface area contributed by atoms with Crippen LogP contribution in [0.1, 0.15) is 17.3 Å². The number of benzene rings is 1. The number of hydrogen-bond donors (Lipinski definition) is 2. The minimum Gasteiger partial charge on any atom is -0.486 e. The lowest BCUT2D eigenvalue weighted by Crippen LogP contribution is -2.32. The lowest BCUT2D eigenvalue weighted by Gasteiger charge is -2.20. The number of fused-ring (bicyclic) bond motifs is 1. The van der Waals surface area contributed by atoms with Crippen molar-refractivity contribution in [1.29, 1.82) is 0 Å². The maximum Gasteiger partial charge on any atom is 0.308 e. The van der Waals surface area contributed by atoms with Crippen LogP contribution in [0.4, 0.5) is 0 Å². The summed E-state index contributed by atoms with van der Waals surface area (Å²) in [5.74, 6) is -1.01. The van der Waals surface area contributed by atoms with Gasteiger partial charge in [-0.2, -0.15) is 0 Å². The van der Waals surface area contributed by atoms with Crippen molar-refractivity contribution in [2.45, 2.75) is 6.92 Å². The van der Waals surface area contributed by atoms with E-state index >= 15 is 0 Å². The normalized spacial score (nSPS) is 14.6. The van der Waals surface area contributed by atoms with Crippen molar-refractivity contribution >= 4 is 11.9 Å². The van der Waals surface area contributed by atoms with Crippen LogP contribution in [-0.4, -0.2) is 36.7 Å². The number of carboxylic acids is 1. The van der Waals surface area contributed by atoms with Gasteiger partial charge in [0.05, 0.1) is 11.5 Å². The summed E-state index contributed by atoms with van der Waals surface area (Å²) in [6.07, 6.45) is 0. The number of carbonyl (C=O) groups excluding carboxylic acids is 1. The second-order valence-electron chi connectivity index (χ2n) is 4.28. The Labute approximate surface area is 110 Å². The van der Waals surface area contributed by atoms with Crippen LogP contribution >= 0.6 is 0 Å². The smallest absolute Gasteiger partial charge is 0.308 e. The molecule has 0 radical (unpaired) electrons. The van der Waals surface area contributed by atoms with Gasteiger partial charge in [0.25, 0.3) is 5.91 Å². The highest BCUT2D eigenvalue weighted by Gasteiger charge is 2.21. The molecule has 2 N–H and O–H groups in total. The average molecular weight is 265 g/mol. The quantitative estimate of drug-likeness (QED) is 0.845. The van der Waals surface area contributed by atoms with Gasteiger partial charge in [0.1, 0.15) is 13.2 Å². The predicted octanol–water partition coefficient (Wildman–Crippen LogP) is 0.908. The third-order valence-electron chi connectivity index (χ3n) is 2.80. The van der Waals surface area contributed by atoms with E-state index < -0.39 is 11.9 Å². The molecule has 1 aromatic carbocycles. The van der Waals surface area contributed by atoms with Crippen molar-refractivity contribution in [3.63, 3.8) is 0 Å². The van der Waals surface area contributed by atoms with Gasteiger partial charge < -0.3 is 19.9 Å². The van der Waals surface area contributed by atoms with E-state index in [1.807, 2.05) is 0 Å². The fraction of sp³-hybridized carbons (Fsp3) is 0.385. The average Bonchev–Trinajstić information content (AvgIpc) is 2.43. The number of para-hydroxylation sites is 1. The van der Waals surface area contributed by atoms with Gasteiger partial charge in [-0.3, -0.25) is 9.59 Å². The van der Waals surface area contributed by atoms with Crippen LogP contribution < -0.4 is 14.8 Å². The summed E-state index contributed by atoms with van der Waals surface area (Å²) in [7, 11) is 0. The molecule has 0 aliphatic carbocycles. The second kappa shape index (κ2) is 5.60. The van der Waals surface area contributed by atoms with Crippen LogP contribution in [0.15, 0.2) is 18.2 Å². The Morgan fingerprint density at radius 3 is 2.84 bits per heavy atom. The van der Waals surface area contributed by atoms with Crippen LogP contribution in [0, 0.1) is 5.92 Å². The van der Waals surface area contributed by atoms with Crippen molar-refractivity contribution in [1.82, 2.24) is 5.32 Å². The van der Waals surface area contributed by atoms with E-state index in [2.05, 4.69) is 5.32 Å². The Morgan fingerprint density at radius 1 is 1.37 bits per heavy atom. The summed E-state index contributed by atoms with van der Waals surface area (Å²) in [5, 5.41) is 11.3. The van der Waals surface area contributed by atoms with Crippen LogP contribution in [-0.2, 0) is 4.79 Å². The molecule has 0 spiro atoms. The molecule has 1 aromatic rings. The second-order valence-corrected chi connectivity index (χ2v) is 4.28.